The summed E-state index contributed by atoms with van der Waals surface area (Å²) in [6.45, 7) is 0. The molecule has 0 spiro atoms. The molecule has 0 bridgehead atoms. The lowest BCUT2D eigenvalue weighted by molar-refractivity contribution is -0.147. The first-order valence-corrected chi connectivity index (χ1v) is 9.61. The number of rotatable bonds is 4. The van der Waals surface area contributed by atoms with Crippen LogP contribution in [0.2, 0.25) is 0 Å². The fraction of sp³-hybridized carbons (Fsp3) is 0.611. The number of fused-ring (bicyclic) bond motifs is 1. The minimum Gasteiger partial charge on any atom is -0.481 e. The number of ether oxygens (including phenoxy) is 1. The maximum atomic E-state index is 12.7. The molecule has 0 aliphatic heterocycles. The minimum absolute atomic E-state index is 0.296. The van der Waals surface area contributed by atoms with E-state index < -0.39 is 23.8 Å². The second-order valence-electron chi connectivity index (χ2n) is 6.73. The van der Waals surface area contributed by atoms with Crippen LogP contribution < -0.4 is 5.32 Å². The Kier molecular flexibility index (Phi) is 5.42. The number of hydrogen-bond donors (Lipinski definition) is 2. The maximum absolute atomic E-state index is 12.7. The molecule has 1 heterocycles. The summed E-state index contributed by atoms with van der Waals surface area (Å²) < 4.78 is 4.91. The number of aliphatic carboxylic acids is 1. The Morgan fingerprint density at radius 1 is 1.08 bits per heavy atom. The Labute approximate surface area is 150 Å². The molecule has 1 aromatic rings. The molecular weight excluding hydrogens is 342 g/mol. The molecule has 2 aliphatic rings. The zero-order chi connectivity index (χ0) is 18.0. The third-order valence-electron chi connectivity index (χ3n) is 5.22. The first kappa shape index (κ1) is 17.9. The monoisotopic (exact) mass is 365 g/mol. The summed E-state index contributed by atoms with van der Waals surface area (Å²) in [5.41, 5.74) is 1.44. The predicted molar refractivity (Wildman–Crippen MR) is 94.0 cm³/mol. The van der Waals surface area contributed by atoms with Crippen LogP contribution in [0.4, 0.5) is 5.00 Å². The van der Waals surface area contributed by atoms with E-state index in [0.717, 1.165) is 49.0 Å². The molecule has 6 nitrogen and oxygen atoms in total. The van der Waals surface area contributed by atoms with Gasteiger partial charge in [0.15, 0.2) is 0 Å². The second kappa shape index (κ2) is 7.56. The number of thiophene rings is 1. The van der Waals surface area contributed by atoms with E-state index >= 15 is 0 Å². The molecule has 1 amide bonds. The molecule has 0 radical (unpaired) electrons. The highest BCUT2D eigenvalue weighted by Gasteiger charge is 2.37. The van der Waals surface area contributed by atoms with Gasteiger partial charge in [0.05, 0.1) is 24.5 Å². The average molecular weight is 365 g/mol. The predicted octanol–water partition coefficient (Wildman–Crippen LogP) is 3.24. The van der Waals surface area contributed by atoms with Crippen LogP contribution in [0.5, 0.6) is 0 Å². The van der Waals surface area contributed by atoms with Gasteiger partial charge in [-0.2, -0.15) is 0 Å². The maximum Gasteiger partial charge on any atom is 0.341 e. The molecule has 0 unspecified atom stereocenters. The smallest absolute Gasteiger partial charge is 0.341 e. The van der Waals surface area contributed by atoms with E-state index in [1.54, 1.807) is 0 Å². The number of hydrogen-bond acceptors (Lipinski definition) is 5. The SMILES string of the molecule is COC(=O)c1c(NC(=O)[C@H]2CCCC[C@H]2C(=O)O)sc2c1CCCC2. The number of carbonyl (C=O) groups is 3. The molecule has 2 N–H and O–H groups in total. The summed E-state index contributed by atoms with van der Waals surface area (Å²) in [5.74, 6) is -2.84. The molecule has 0 aromatic carbocycles. The lowest BCUT2D eigenvalue weighted by Gasteiger charge is -2.27. The number of esters is 1. The molecule has 2 aliphatic carbocycles. The van der Waals surface area contributed by atoms with Crippen molar-refractivity contribution in [2.45, 2.75) is 51.4 Å². The van der Waals surface area contributed by atoms with Crippen LogP contribution in [0.15, 0.2) is 0 Å². The Morgan fingerprint density at radius 2 is 1.76 bits per heavy atom. The van der Waals surface area contributed by atoms with Crippen molar-refractivity contribution in [3.8, 4) is 0 Å². The number of nitrogens with one attached hydrogen (secondary N) is 1. The van der Waals surface area contributed by atoms with Gasteiger partial charge in [-0.1, -0.05) is 12.8 Å². The highest BCUT2D eigenvalue weighted by molar-refractivity contribution is 7.17. The van der Waals surface area contributed by atoms with E-state index in [0.29, 0.717) is 23.4 Å². The van der Waals surface area contributed by atoms with Crippen molar-refractivity contribution in [2.24, 2.45) is 11.8 Å². The molecule has 1 saturated carbocycles. The van der Waals surface area contributed by atoms with E-state index in [4.69, 9.17) is 4.74 Å². The Balaban J connectivity index is 1.86. The van der Waals surface area contributed by atoms with Gasteiger partial charge in [0.1, 0.15) is 5.00 Å². The average Bonchev–Trinajstić information content (AvgIpc) is 2.98. The van der Waals surface area contributed by atoms with E-state index in [1.165, 1.54) is 18.4 Å². The molecule has 7 heteroatoms. The van der Waals surface area contributed by atoms with E-state index in [9.17, 15) is 19.5 Å². The summed E-state index contributed by atoms with van der Waals surface area (Å²) in [5, 5.41) is 12.8. The number of methoxy groups -OCH3 is 1. The van der Waals surface area contributed by atoms with Crippen LogP contribution >= 0.6 is 11.3 Å². The second-order valence-corrected chi connectivity index (χ2v) is 7.84. The Hall–Kier alpha value is -1.89. The quantitative estimate of drug-likeness (QED) is 0.799. The number of anilines is 1. The first-order valence-electron chi connectivity index (χ1n) is 8.79. The molecule has 1 fully saturated rings. The fourth-order valence-corrected chi connectivity index (χ4v) is 5.20. The van der Waals surface area contributed by atoms with Crippen molar-refractivity contribution in [1.29, 1.82) is 0 Å². The zero-order valence-corrected chi connectivity index (χ0v) is 15.1. The van der Waals surface area contributed by atoms with Gasteiger partial charge in [0, 0.05) is 4.88 Å². The van der Waals surface area contributed by atoms with Crippen molar-refractivity contribution in [3.05, 3.63) is 16.0 Å². The van der Waals surface area contributed by atoms with E-state index in [1.807, 2.05) is 0 Å². The van der Waals surface area contributed by atoms with Gasteiger partial charge in [-0.25, -0.2) is 4.79 Å². The van der Waals surface area contributed by atoms with Gasteiger partial charge < -0.3 is 15.2 Å². The van der Waals surface area contributed by atoms with E-state index in [-0.39, 0.29) is 5.91 Å². The van der Waals surface area contributed by atoms with Gasteiger partial charge >= 0.3 is 11.9 Å². The summed E-state index contributed by atoms with van der Waals surface area (Å²) in [6, 6.07) is 0. The van der Waals surface area contributed by atoms with E-state index in [2.05, 4.69) is 5.32 Å². The summed E-state index contributed by atoms with van der Waals surface area (Å²) in [7, 11) is 1.34. The van der Waals surface area contributed by atoms with Gasteiger partial charge in [0.25, 0.3) is 0 Å². The third-order valence-corrected chi connectivity index (χ3v) is 6.42. The van der Waals surface area contributed by atoms with Crippen molar-refractivity contribution in [1.82, 2.24) is 0 Å². The lowest BCUT2D eigenvalue weighted by Crippen LogP contribution is -2.36. The van der Waals surface area contributed by atoms with Crippen LogP contribution in [0.1, 0.15) is 59.3 Å². The minimum atomic E-state index is -0.918. The highest BCUT2D eigenvalue weighted by Crippen LogP contribution is 2.39. The summed E-state index contributed by atoms with van der Waals surface area (Å²) in [4.78, 5) is 37.6. The molecular formula is C18H23NO5S. The highest BCUT2D eigenvalue weighted by atomic mass is 32.1. The van der Waals surface area contributed by atoms with Crippen LogP contribution in [0.3, 0.4) is 0 Å². The Bertz CT molecular complexity index is 696. The van der Waals surface area contributed by atoms with Crippen LogP contribution in [-0.2, 0) is 27.2 Å². The molecule has 136 valence electrons. The summed E-state index contributed by atoms with van der Waals surface area (Å²) >= 11 is 1.43. The lowest BCUT2D eigenvalue weighted by atomic mass is 9.78. The van der Waals surface area contributed by atoms with Gasteiger partial charge in [-0.3, -0.25) is 9.59 Å². The van der Waals surface area contributed by atoms with Crippen molar-refractivity contribution >= 4 is 34.2 Å². The molecule has 2 atom stereocenters. The molecule has 3 rings (SSSR count). The first-order chi connectivity index (χ1) is 12.0. The molecule has 25 heavy (non-hydrogen) atoms. The van der Waals surface area contributed by atoms with Crippen molar-refractivity contribution in [3.63, 3.8) is 0 Å². The topological polar surface area (TPSA) is 92.7 Å². The van der Waals surface area contributed by atoms with Crippen LogP contribution in [0, 0.1) is 11.8 Å². The number of amides is 1. The van der Waals surface area contributed by atoms with Crippen molar-refractivity contribution < 1.29 is 24.2 Å². The third kappa shape index (κ3) is 3.56. The summed E-state index contributed by atoms with van der Waals surface area (Å²) in [6.07, 6.45) is 6.60. The van der Waals surface area contributed by atoms with Gasteiger partial charge in [-0.05, 0) is 44.1 Å². The Morgan fingerprint density at radius 3 is 2.44 bits per heavy atom. The van der Waals surface area contributed by atoms with Gasteiger partial charge in [-0.15, -0.1) is 11.3 Å². The number of aryl methyl sites for hydroxylation is 1. The normalized spacial score (nSPS) is 22.8. The molecule has 1 aromatic heterocycles. The zero-order valence-electron chi connectivity index (χ0n) is 14.3. The van der Waals surface area contributed by atoms with Gasteiger partial charge in [0.2, 0.25) is 5.91 Å². The number of carboxylic acid groups (broad SMARTS) is 1. The standard InChI is InChI=1S/C18H23NO5S/c1-24-18(23)14-12-8-4-5-9-13(12)25-16(14)19-15(20)10-6-2-3-7-11(10)17(21)22/h10-11H,2-9H2,1H3,(H,19,20)(H,21,22)/t10-,11+/m0/s1. The largest absolute Gasteiger partial charge is 0.481 e. The van der Waals surface area contributed by atoms with Crippen LogP contribution in [0.25, 0.3) is 0 Å². The fourth-order valence-electron chi connectivity index (χ4n) is 3.92. The number of carbonyl (C=O) groups excluding carboxylic acids is 2. The van der Waals surface area contributed by atoms with Crippen LogP contribution in [-0.4, -0.2) is 30.1 Å². The number of carboxylic acids is 1. The van der Waals surface area contributed by atoms with Crippen molar-refractivity contribution in [2.75, 3.05) is 12.4 Å². The molecule has 0 saturated heterocycles.